The highest BCUT2D eigenvalue weighted by molar-refractivity contribution is 7.95. The monoisotopic (exact) mass is 348 g/mol. The van der Waals surface area contributed by atoms with Crippen molar-refractivity contribution in [2.75, 3.05) is 4.90 Å². The van der Waals surface area contributed by atoms with E-state index in [2.05, 4.69) is 0 Å². The van der Waals surface area contributed by atoms with Crippen LogP contribution in [0.4, 0.5) is 15.8 Å². The molecule has 0 fully saturated rings. The quantitative estimate of drug-likeness (QED) is 0.779. The van der Waals surface area contributed by atoms with Crippen LogP contribution in [0.15, 0.2) is 52.4 Å². The van der Waals surface area contributed by atoms with Gasteiger partial charge in [0.2, 0.25) is 9.84 Å². The number of nitrogens with zero attached hydrogens (tertiary/aromatic N) is 2. The Morgan fingerprint density at radius 3 is 2.61 bits per heavy atom. The largest absolute Gasteiger partial charge is 0.312 e. The van der Waals surface area contributed by atoms with Gasteiger partial charge in [0.1, 0.15) is 11.9 Å². The summed E-state index contributed by atoms with van der Waals surface area (Å²) in [6.07, 6.45) is 1.16. The fourth-order valence-electron chi connectivity index (χ4n) is 2.38. The van der Waals surface area contributed by atoms with Crippen molar-refractivity contribution in [3.8, 4) is 6.07 Å². The van der Waals surface area contributed by atoms with Crippen LogP contribution in [0, 0.1) is 24.1 Å². The first-order valence-corrected chi connectivity index (χ1v) is 8.42. The average molecular weight is 349 g/mol. The standard InChI is InChI=1S/C16H10ClFN2O2S/c1-10-2-5-16-15(6-10)20(9-12(8-19)23(16,21)22)14-7-11(18)3-4-13(14)17/h2-7,9H,1H3. The smallest absolute Gasteiger partial charge is 0.220 e. The minimum Gasteiger partial charge on any atom is -0.312 e. The zero-order valence-electron chi connectivity index (χ0n) is 11.9. The van der Waals surface area contributed by atoms with Crippen molar-refractivity contribution < 1.29 is 12.8 Å². The molecule has 1 heterocycles. The summed E-state index contributed by atoms with van der Waals surface area (Å²) < 4.78 is 38.5. The van der Waals surface area contributed by atoms with Gasteiger partial charge in [-0.1, -0.05) is 17.7 Å². The number of aryl methyl sites for hydroxylation is 1. The highest BCUT2D eigenvalue weighted by Gasteiger charge is 2.32. The van der Waals surface area contributed by atoms with Gasteiger partial charge >= 0.3 is 0 Å². The zero-order valence-corrected chi connectivity index (χ0v) is 13.5. The van der Waals surface area contributed by atoms with Crippen molar-refractivity contribution in [2.24, 2.45) is 0 Å². The molecule has 116 valence electrons. The van der Waals surface area contributed by atoms with Gasteiger partial charge in [-0.05, 0) is 42.8 Å². The number of sulfone groups is 1. The van der Waals surface area contributed by atoms with E-state index in [-0.39, 0.29) is 15.6 Å². The topological polar surface area (TPSA) is 61.2 Å². The number of anilines is 2. The number of fused-ring (bicyclic) bond motifs is 1. The van der Waals surface area contributed by atoms with Crippen molar-refractivity contribution in [2.45, 2.75) is 11.8 Å². The number of benzene rings is 2. The van der Waals surface area contributed by atoms with Crippen LogP contribution in [0.2, 0.25) is 5.02 Å². The van der Waals surface area contributed by atoms with E-state index in [1.54, 1.807) is 18.2 Å². The third-order valence-corrected chi connectivity index (χ3v) is 5.50. The SMILES string of the molecule is Cc1ccc2c(c1)N(c1cc(F)ccc1Cl)C=C(C#N)S2(=O)=O. The molecule has 4 nitrogen and oxygen atoms in total. The fraction of sp³-hybridized carbons (Fsp3) is 0.0625. The number of nitriles is 1. The number of hydrogen-bond acceptors (Lipinski definition) is 4. The summed E-state index contributed by atoms with van der Waals surface area (Å²) >= 11 is 6.13. The van der Waals surface area contributed by atoms with Crippen LogP contribution in [-0.4, -0.2) is 8.42 Å². The highest BCUT2D eigenvalue weighted by Crippen LogP contribution is 2.42. The molecule has 0 atom stereocenters. The predicted molar refractivity (Wildman–Crippen MR) is 85.6 cm³/mol. The van der Waals surface area contributed by atoms with Crippen molar-refractivity contribution in [1.29, 1.82) is 5.26 Å². The third-order valence-electron chi connectivity index (χ3n) is 3.48. The summed E-state index contributed by atoms with van der Waals surface area (Å²) in [6, 6.07) is 10.2. The first kappa shape index (κ1) is 15.5. The van der Waals surface area contributed by atoms with Crippen LogP contribution in [0.1, 0.15) is 5.56 Å². The summed E-state index contributed by atoms with van der Waals surface area (Å²) in [7, 11) is -3.89. The Bertz CT molecular complexity index is 994. The van der Waals surface area contributed by atoms with Crippen molar-refractivity contribution >= 4 is 32.8 Å². The van der Waals surface area contributed by atoms with Crippen LogP contribution in [0.5, 0.6) is 0 Å². The van der Waals surface area contributed by atoms with Crippen LogP contribution < -0.4 is 4.90 Å². The average Bonchev–Trinajstić information content (AvgIpc) is 2.50. The molecule has 2 aromatic carbocycles. The van der Waals surface area contributed by atoms with Gasteiger partial charge in [-0.3, -0.25) is 0 Å². The van der Waals surface area contributed by atoms with Gasteiger partial charge in [-0.2, -0.15) is 5.26 Å². The lowest BCUT2D eigenvalue weighted by Gasteiger charge is -2.28. The molecule has 0 saturated carbocycles. The Morgan fingerprint density at radius 1 is 1.17 bits per heavy atom. The van der Waals surface area contributed by atoms with E-state index in [9.17, 15) is 12.8 Å². The maximum Gasteiger partial charge on any atom is 0.220 e. The minimum absolute atomic E-state index is 0.0116. The molecule has 23 heavy (non-hydrogen) atoms. The second-order valence-electron chi connectivity index (χ2n) is 5.05. The van der Waals surface area contributed by atoms with Gasteiger partial charge in [-0.25, -0.2) is 12.8 Å². The van der Waals surface area contributed by atoms with E-state index in [1.807, 2.05) is 6.92 Å². The molecule has 1 aliphatic rings. The number of halogens is 2. The van der Waals surface area contributed by atoms with E-state index < -0.39 is 20.6 Å². The Morgan fingerprint density at radius 2 is 1.91 bits per heavy atom. The Balaban J connectivity index is 2.36. The fourth-order valence-corrected chi connectivity index (χ4v) is 3.87. The molecule has 7 heteroatoms. The van der Waals surface area contributed by atoms with E-state index >= 15 is 0 Å². The van der Waals surface area contributed by atoms with Gasteiger partial charge in [0.15, 0.2) is 4.91 Å². The molecule has 0 N–H and O–H groups in total. The van der Waals surface area contributed by atoms with Crippen molar-refractivity contribution in [3.63, 3.8) is 0 Å². The normalized spacial score (nSPS) is 15.6. The predicted octanol–water partition coefficient (Wildman–Crippen LogP) is 4.08. The minimum atomic E-state index is -3.89. The molecule has 0 bridgehead atoms. The molecule has 0 amide bonds. The molecule has 1 aliphatic heterocycles. The lowest BCUT2D eigenvalue weighted by Crippen LogP contribution is -2.21. The molecule has 0 spiro atoms. The Kier molecular flexibility index (Phi) is 3.63. The molecule has 0 radical (unpaired) electrons. The molecule has 0 saturated heterocycles. The summed E-state index contributed by atoms with van der Waals surface area (Å²) in [5, 5.41) is 9.41. The van der Waals surface area contributed by atoms with E-state index in [1.165, 1.54) is 29.2 Å². The van der Waals surface area contributed by atoms with Crippen molar-refractivity contribution in [1.82, 2.24) is 0 Å². The van der Waals surface area contributed by atoms with Crippen LogP contribution in [0.3, 0.4) is 0 Å². The van der Waals surface area contributed by atoms with Crippen molar-refractivity contribution in [3.05, 3.63) is 63.9 Å². The Hall–Kier alpha value is -2.36. The summed E-state index contributed by atoms with van der Waals surface area (Å²) in [6.45, 7) is 1.81. The molecular weight excluding hydrogens is 339 g/mol. The van der Waals surface area contributed by atoms with Crippen LogP contribution >= 0.6 is 11.6 Å². The molecule has 3 rings (SSSR count). The maximum absolute atomic E-state index is 13.6. The second kappa shape index (κ2) is 5.37. The first-order valence-electron chi connectivity index (χ1n) is 6.56. The second-order valence-corrected chi connectivity index (χ2v) is 7.34. The van der Waals surface area contributed by atoms with Gasteiger partial charge < -0.3 is 4.90 Å². The zero-order chi connectivity index (χ0) is 16.8. The van der Waals surface area contributed by atoms with E-state index in [0.29, 0.717) is 5.69 Å². The summed E-state index contributed by atoms with van der Waals surface area (Å²) in [5.41, 5.74) is 1.42. The number of hydrogen-bond donors (Lipinski definition) is 0. The van der Waals surface area contributed by atoms with E-state index in [0.717, 1.165) is 11.8 Å². The third kappa shape index (κ3) is 2.48. The van der Waals surface area contributed by atoms with Gasteiger partial charge in [0, 0.05) is 6.20 Å². The lowest BCUT2D eigenvalue weighted by molar-refractivity contribution is 0.602. The van der Waals surface area contributed by atoms with Crippen LogP contribution in [0.25, 0.3) is 0 Å². The summed E-state index contributed by atoms with van der Waals surface area (Å²) in [4.78, 5) is 0.990. The number of allylic oxidation sites excluding steroid dienone is 1. The first-order chi connectivity index (χ1) is 10.8. The molecular formula is C16H10ClFN2O2S. The van der Waals surface area contributed by atoms with Gasteiger partial charge in [-0.15, -0.1) is 0 Å². The molecule has 0 aromatic heterocycles. The molecule has 2 aromatic rings. The maximum atomic E-state index is 13.6. The van der Waals surface area contributed by atoms with Gasteiger partial charge in [0.25, 0.3) is 0 Å². The Labute approximate surface area is 137 Å². The van der Waals surface area contributed by atoms with E-state index in [4.69, 9.17) is 16.9 Å². The molecule has 0 unspecified atom stereocenters. The lowest BCUT2D eigenvalue weighted by atomic mass is 10.2. The number of rotatable bonds is 1. The molecule has 0 aliphatic carbocycles. The highest BCUT2D eigenvalue weighted by atomic mass is 35.5. The summed E-state index contributed by atoms with van der Waals surface area (Å²) in [5.74, 6) is -0.515. The van der Waals surface area contributed by atoms with Crippen LogP contribution in [-0.2, 0) is 9.84 Å². The van der Waals surface area contributed by atoms with Gasteiger partial charge in [0.05, 0.1) is 21.3 Å².